The highest BCUT2D eigenvalue weighted by atomic mass is 79.9. The number of hydrogen-bond acceptors (Lipinski definition) is 1. The number of halogens is 1. The topological polar surface area (TPSA) is 9.23 Å². The van der Waals surface area contributed by atoms with Gasteiger partial charge < -0.3 is 4.74 Å². The van der Waals surface area contributed by atoms with Gasteiger partial charge in [0, 0.05) is 11.9 Å². The molecule has 2 heteroatoms. The molecule has 0 aliphatic carbocycles. The molecular formula is C7H15BrO. The molecule has 0 aliphatic rings. The minimum Gasteiger partial charge on any atom is -0.379 e. The van der Waals surface area contributed by atoms with Crippen LogP contribution in [0.5, 0.6) is 0 Å². The van der Waals surface area contributed by atoms with Crippen molar-refractivity contribution in [3.63, 3.8) is 0 Å². The molecule has 0 amide bonds. The summed E-state index contributed by atoms with van der Waals surface area (Å²) in [5.74, 6) is 0. The maximum absolute atomic E-state index is 5.32. The molecule has 0 saturated carbocycles. The Labute approximate surface area is 65.9 Å². The van der Waals surface area contributed by atoms with Crippen molar-refractivity contribution in [2.24, 2.45) is 0 Å². The summed E-state index contributed by atoms with van der Waals surface area (Å²) in [6, 6.07) is 0. The Morgan fingerprint density at radius 1 is 1.56 bits per heavy atom. The van der Waals surface area contributed by atoms with E-state index >= 15 is 0 Å². The molecule has 0 rings (SSSR count). The predicted molar refractivity (Wildman–Crippen MR) is 44.1 cm³/mol. The van der Waals surface area contributed by atoms with Crippen molar-refractivity contribution in [1.29, 1.82) is 0 Å². The second kappa shape index (κ2) is 6.56. The molecule has 0 aromatic heterocycles. The lowest BCUT2D eigenvalue weighted by Gasteiger charge is -2.08. The van der Waals surface area contributed by atoms with Crippen molar-refractivity contribution in [3.05, 3.63) is 0 Å². The van der Waals surface area contributed by atoms with E-state index in [1.165, 1.54) is 12.8 Å². The molecule has 1 atom stereocenters. The van der Waals surface area contributed by atoms with Crippen LogP contribution in [0.25, 0.3) is 0 Å². The second-order valence-corrected chi connectivity index (χ2v) is 2.89. The van der Waals surface area contributed by atoms with Crippen molar-refractivity contribution in [3.8, 4) is 0 Å². The Balaban J connectivity index is 2.95. The average Bonchev–Trinajstić information content (AvgIpc) is 1.85. The minimum atomic E-state index is 0.438. The Hall–Kier alpha value is 0.440. The summed E-state index contributed by atoms with van der Waals surface area (Å²) >= 11 is 3.37. The zero-order valence-electron chi connectivity index (χ0n) is 6.19. The molecule has 0 aliphatic heterocycles. The van der Waals surface area contributed by atoms with Gasteiger partial charge in [-0.25, -0.2) is 0 Å². The molecule has 0 heterocycles. The van der Waals surface area contributed by atoms with Crippen LogP contribution in [0.1, 0.15) is 26.7 Å². The summed E-state index contributed by atoms with van der Waals surface area (Å²) in [7, 11) is 0. The Morgan fingerprint density at radius 2 is 2.22 bits per heavy atom. The molecule has 0 radical (unpaired) electrons. The zero-order valence-corrected chi connectivity index (χ0v) is 7.78. The van der Waals surface area contributed by atoms with E-state index in [1.54, 1.807) is 0 Å². The molecule has 0 fully saturated rings. The van der Waals surface area contributed by atoms with Gasteiger partial charge in [0.2, 0.25) is 0 Å². The maximum Gasteiger partial charge on any atom is 0.0547 e. The summed E-state index contributed by atoms with van der Waals surface area (Å²) in [5.41, 5.74) is 0. The normalized spacial score (nSPS) is 13.7. The third kappa shape index (κ3) is 6.32. The van der Waals surface area contributed by atoms with Gasteiger partial charge in [-0.2, -0.15) is 0 Å². The van der Waals surface area contributed by atoms with Gasteiger partial charge in [-0.15, -0.1) is 0 Å². The quantitative estimate of drug-likeness (QED) is 0.612. The van der Waals surface area contributed by atoms with Gasteiger partial charge in [-0.05, 0) is 26.7 Å². The largest absolute Gasteiger partial charge is 0.379 e. The van der Waals surface area contributed by atoms with Crippen molar-refractivity contribution in [2.75, 3.05) is 11.9 Å². The van der Waals surface area contributed by atoms with Gasteiger partial charge in [0.25, 0.3) is 0 Å². The van der Waals surface area contributed by atoms with Crippen LogP contribution >= 0.6 is 15.9 Å². The summed E-state index contributed by atoms with van der Waals surface area (Å²) in [6.45, 7) is 4.99. The van der Waals surface area contributed by atoms with Crippen LogP contribution in [0, 0.1) is 0 Å². The predicted octanol–water partition coefficient (Wildman–Crippen LogP) is 2.59. The first-order chi connectivity index (χ1) is 4.31. The third-order valence-electron chi connectivity index (χ3n) is 1.20. The van der Waals surface area contributed by atoms with Gasteiger partial charge >= 0.3 is 0 Å². The molecule has 0 N–H and O–H groups in total. The third-order valence-corrected chi connectivity index (χ3v) is 1.76. The van der Waals surface area contributed by atoms with Gasteiger partial charge in [0.15, 0.2) is 0 Å². The minimum absolute atomic E-state index is 0.438. The summed E-state index contributed by atoms with van der Waals surface area (Å²) in [6.07, 6.45) is 2.81. The molecule has 0 aromatic carbocycles. The molecule has 9 heavy (non-hydrogen) atoms. The highest BCUT2D eigenvalue weighted by Gasteiger charge is 1.97. The number of hydrogen-bond donors (Lipinski definition) is 0. The van der Waals surface area contributed by atoms with E-state index in [2.05, 4.69) is 22.9 Å². The Morgan fingerprint density at radius 3 is 2.67 bits per heavy atom. The first-order valence-corrected chi connectivity index (χ1v) is 4.61. The van der Waals surface area contributed by atoms with E-state index in [0.29, 0.717) is 6.10 Å². The van der Waals surface area contributed by atoms with E-state index in [4.69, 9.17) is 4.74 Å². The van der Waals surface area contributed by atoms with Crippen molar-refractivity contribution in [1.82, 2.24) is 0 Å². The Kier molecular flexibility index (Phi) is 6.88. The number of alkyl halides is 1. The van der Waals surface area contributed by atoms with Crippen LogP contribution in [0.3, 0.4) is 0 Å². The zero-order chi connectivity index (χ0) is 7.11. The van der Waals surface area contributed by atoms with Gasteiger partial charge in [0.05, 0.1) is 6.10 Å². The van der Waals surface area contributed by atoms with Gasteiger partial charge in [-0.3, -0.25) is 0 Å². The standard InChI is InChI=1S/C7H15BrO/c1-3-9-7(2)5-4-6-8/h7H,3-6H2,1-2H3. The van der Waals surface area contributed by atoms with Crippen LogP contribution in [0.4, 0.5) is 0 Å². The molecule has 1 nitrogen and oxygen atoms in total. The highest BCUT2D eigenvalue weighted by Crippen LogP contribution is 2.02. The fraction of sp³-hybridized carbons (Fsp3) is 1.00. The monoisotopic (exact) mass is 194 g/mol. The number of rotatable bonds is 5. The van der Waals surface area contributed by atoms with Crippen LogP contribution in [0.15, 0.2) is 0 Å². The first-order valence-electron chi connectivity index (χ1n) is 3.48. The molecule has 0 bridgehead atoms. The lowest BCUT2D eigenvalue weighted by Crippen LogP contribution is -2.07. The van der Waals surface area contributed by atoms with Crippen molar-refractivity contribution < 1.29 is 4.74 Å². The van der Waals surface area contributed by atoms with E-state index in [0.717, 1.165) is 11.9 Å². The molecule has 0 spiro atoms. The van der Waals surface area contributed by atoms with Crippen molar-refractivity contribution in [2.45, 2.75) is 32.8 Å². The SMILES string of the molecule is CCOC(C)CCCBr. The van der Waals surface area contributed by atoms with E-state index in [9.17, 15) is 0 Å². The van der Waals surface area contributed by atoms with Crippen LogP contribution < -0.4 is 0 Å². The summed E-state index contributed by atoms with van der Waals surface area (Å²) < 4.78 is 5.32. The fourth-order valence-electron chi connectivity index (χ4n) is 0.732. The smallest absolute Gasteiger partial charge is 0.0547 e. The molecule has 1 unspecified atom stereocenters. The fourth-order valence-corrected chi connectivity index (χ4v) is 1.06. The van der Waals surface area contributed by atoms with E-state index in [-0.39, 0.29) is 0 Å². The molecule has 56 valence electrons. The van der Waals surface area contributed by atoms with Gasteiger partial charge in [-0.1, -0.05) is 15.9 Å². The maximum atomic E-state index is 5.32. The van der Waals surface area contributed by atoms with E-state index in [1.807, 2.05) is 6.92 Å². The lowest BCUT2D eigenvalue weighted by molar-refractivity contribution is 0.0701. The summed E-state index contributed by atoms with van der Waals surface area (Å²) in [4.78, 5) is 0. The van der Waals surface area contributed by atoms with Crippen LogP contribution in [-0.2, 0) is 4.74 Å². The average molecular weight is 195 g/mol. The second-order valence-electron chi connectivity index (χ2n) is 2.10. The van der Waals surface area contributed by atoms with Crippen LogP contribution in [0.2, 0.25) is 0 Å². The number of ether oxygens (including phenoxy) is 1. The summed E-state index contributed by atoms with van der Waals surface area (Å²) in [5, 5.41) is 1.09. The Bertz CT molecular complexity index is 56.9. The lowest BCUT2D eigenvalue weighted by atomic mass is 10.2. The molecule has 0 aromatic rings. The van der Waals surface area contributed by atoms with E-state index < -0.39 is 0 Å². The van der Waals surface area contributed by atoms with Crippen molar-refractivity contribution >= 4 is 15.9 Å². The molecule has 0 saturated heterocycles. The molecular weight excluding hydrogens is 180 g/mol. The first kappa shape index (κ1) is 9.44. The highest BCUT2D eigenvalue weighted by molar-refractivity contribution is 9.09. The van der Waals surface area contributed by atoms with Gasteiger partial charge in [0.1, 0.15) is 0 Å². The van der Waals surface area contributed by atoms with Crippen LogP contribution in [-0.4, -0.2) is 18.0 Å².